The summed E-state index contributed by atoms with van der Waals surface area (Å²) in [5, 5.41) is 15.9. The van der Waals surface area contributed by atoms with Crippen molar-refractivity contribution in [2.75, 3.05) is 0 Å². The molecule has 1 unspecified atom stereocenters. The predicted molar refractivity (Wildman–Crippen MR) is 79.6 cm³/mol. The molecule has 0 bridgehead atoms. The van der Waals surface area contributed by atoms with E-state index >= 15 is 0 Å². The fourth-order valence-electron chi connectivity index (χ4n) is 2.08. The third-order valence-corrected chi connectivity index (χ3v) is 3.95. The maximum absolute atomic E-state index is 11.1. The van der Waals surface area contributed by atoms with Gasteiger partial charge in [-0.25, -0.2) is 4.98 Å². The SMILES string of the molecule is CC(C)(C)C(O)(Cc1ccc(Cl)cc1)Cn1cncn1. The molecule has 0 amide bonds. The van der Waals surface area contributed by atoms with Crippen LogP contribution in [0.4, 0.5) is 0 Å². The molecular weight excluding hydrogens is 274 g/mol. The first-order chi connectivity index (χ1) is 9.30. The van der Waals surface area contributed by atoms with Crippen LogP contribution in [0.1, 0.15) is 26.3 Å². The Morgan fingerprint density at radius 1 is 1.20 bits per heavy atom. The highest BCUT2D eigenvalue weighted by atomic mass is 35.5. The van der Waals surface area contributed by atoms with E-state index in [2.05, 4.69) is 10.1 Å². The fraction of sp³-hybridized carbons (Fsp3) is 0.467. The molecular formula is C15H20ClN3O. The van der Waals surface area contributed by atoms with Gasteiger partial charge in [-0.2, -0.15) is 5.10 Å². The average Bonchev–Trinajstić information content (AvgIpc) is 2.83. The molecule has 1 aromatic heterocycles. The summed E-state index contributed by atoms with van der Waals surface area (Å²) in [6.07, 6.45) is 3.64. The molecule has 2 aromatic rings. The summed E-state index contributed by atoms with van der Waals surface area (Å²) in [6, 6.07) is 7.58. The molecule has 0 radical (unpaired) electrons. The van der Waals surface area contributed by atoms with Gasteiger partial charge >= 0.3 is 0 Å². The Hall–Kier alpha value is -1.39. The maximum Gasteiger partial charge on any atom is 0.137 e. The van der Waals surface area contributed by atoms with Crippen molar-refractivity contribution in [3.63, 3.8) is 0 Å². The van der Waals surface area contributed by atoms with E-state index in [1.165, 1.54) is 6.33 Å². The Labute approximate surface area is 124 Å². The average molecular weight is 294 g/mol. The molecule has 2 rings (SSSR count). The highest BCUT2D eigenvalue weighted by Crippen LogP contribution is 2.35. The Kier molecular flexibility index (Phi) is 4.16. The molecule has 0 saturated carbocycles. The highest BCUT2D eigenvalue weighted by Gasteiger charge is 2.40. The van der Waals surface area contributed by atoms with E-state index < -0.39 is 5.60 Å². The van der Waals surface area contributed by atoms with Crippen LogP contribution < -0.4 is 0 Å². The summed E-state index contributed by atoms with van der Waals surface area (Å²) in [7, 11) is 0. The first-order valence-corrected chi connectivity index (χ1v) is 6.97. The van der Waals surface area contributed by atoms with Gasteiger partial charge in [0, 0.05) is 11.4 Å². The molecule has 1 heterocycles. The van der Waals surface area contributed by atoms with E-state index in [9.17, 15) is 5.11 Å². The molecule has 108 valence electrons. The Balaban J connectivity index is 2.25. The Bertz CT molecular complexity index is 545. The van der Waals surface area contributed by atoms with Crippen LogP contribution in [0.3, 0.4) is 0 Å². The highest BCUT2D eigenvalue weighted by molar-refractivity contribution is 6.30. The van der Waals surface area contributed by atoms with Crippen molar-refractivity contribution in [3.8, 4) is 0 Å². The number of halogens is 1. The lowest BCUT2D eigenvalue weighted by Crippen LogP contribution is -2.48. The molecule has 4 nitrogen and oxygen atoms in total. The van der Waals surface area contributed by atoms with Crippen LogP contribution in [0, 0.1) is 5.41 Å². The van der Waals surface area contributed by atoms with Crippen LogP contribution in [0.5, 0.6) is 0 Å². The van der Waals surface area contributed by atoms with E-state index in [0.29, 0.717) is 18.0 Å². The van der Waals surface area contributed by atoms with Crippen LogP contribution in [0.25, 0.3) is 0 Å². The summed E-state index contributed by atoms with van der Waals surface area (Å²) >= 11 is 5.90. The Morgan fingerprint density at radius 2 is 1.85 bits per heavy atom. The van der Waals surface area contributed by atoms with Gasteiger partial charge in [0.05, 0.1) is 12.1 Å². The largest absolute Gasteiger partial charge is 0.387 e. The number of nitrogens with zero attached hydrogens (tertiary/aromatic N) is 3. The second-order valence-electron chi connectivity index (χ2n) is 6.18. The first-order valence-electron chi connectivity index (χ1n) is 6.59. The first kappa shape index (κ1) is 15.0. The van der Waals surface area contributed by atoms with Gasteiger partial charge in [-0.15, -0.1) is 0 Å². The molecule has 20 heavy (non-hydrogen) atoms. The third-order valence-electron chi connectivity index (χ3n) is 3.70. The van der Waals surface area contributed by atoms with E-state index in [1.807, 2.05) is 45.0 Å². The number of benzene rings is 1. The molecule has 1 aromatic carbocycles. The van der Waals surface area contributed by atoms with Gasteiger partial charge in [-0.1, -0.05) is 44.5 Å². The fourth-order valence-corrected chi connectivity index (χ4v) is 2.21. The molecule has 0 fully saturated rings. The topological polar surface area (TPSA) is 50.9 Å². The normalized spacial score (nSPS) is 15.1. The molecule has 0 aliphatic rings. The lowest BCUT2D eigenvalue weighted by atomic mass is 9.73. The van der Waals surface area contributed by atoms with Gasteiger partial charge in [-0.05, 0) is 23.1 Å². The summed E-state index contributed by atoms with van der Waals surface area (Å²) in [5.74, 6) is 0. The van der Waals surface area contributed by atoms with Crippen LogP contribution in [-0.4, -0.2) is 25.5 Å². The van der Waals surface area contributed by atoms with Gasteiger partial charge in [0.1, 0.15) is 12.7 Å². The quantitative estimate of drug-likeness (QED) is 0.943. The van der Waals surface area contributed by atoms with Crippen LogP contribution >= 0.6 is 11.6 Å². The van der Waals surface area contributed by atoms with Crippen LogP contribution in [0.15, 0.2) is 36.9 Å². The number of aliphatic hydroxyl groups is 1. The van der Waals surface area contributed by atoms with Crippen molar-refractivity contribution in [3.05, 3.63) is 47.5 Å². The smallest absolute Gasteiger partial charge is 0.137 e. The Morgan fingerprint density at radius 3 is 2.35 bits per heavy atom. The lowest BCUT2D eigenvalue weighted by Gasteiger charge is -2.40. The van der Waals surface area contributed by atoms with E-state index in [1.54, 1.807) is 11.0 Å². The van der Waals surface area contributed by atoms with E-state index in [-0.39, 0.29) is 5.41 Å². The van der Waals surface area contributed by atoms with Gasteiger partial charge in [0.15, 0.2) is 0 Å². The third kappa shape index (κ3) is 3.38. The van der Waals surface area contributed by atoms with E-state index in [0.717, 1.165) is 5.56 Å². The number of hydrogen-bond acceptors (Lipinski definition) is 3. The number of rotatable bonds is 4. The van der Waals surface area contributed by atoms with Crippen LogP contribution in [-0.2, 0) is 13.0 Å². The van der Waals surface area contributed by atoms with Gasteiger partial charge in [0.25, 0.3) is 0 Å². The lowest BCUT2D eigenvalue weighted by molar-refractivity contribution is -0.0730. The molecule has 0 saturated heterocycles. The zero-order chi connectivity index (χ0) is 14.8. The monoisotopic (exact) mass is 293 g/mol. The minimum atomic E-state index is -0.922. The second kappa shape index (κ2) is 5.54. The molecule has 0 spiro atoms. The molecule has 0 aliphatic heterocycles. The van der Waals surface area contributed by atoms with E-state index in [4.69, 9.17) is 11.6 Å². The summed E-state index contributed by atoms with van der Waals surface area (Å²) in [4.78, 5) is 3.93. The zero-order valence-corrected chi connectivity index (χ0v) is 12.8. The van der Waals surface area contributed by atoms with Crippen molar-refractivity contribution in [1.29, 1.82) is 0 Å². The van der Waals surface area contributed by atoms with Crippen molar-refractivity contribution >= 4 is 11.6 Å². The minimum absolute atomic E-state index is 0.293. The molecule has 1 N–H and O–H groups in total. The van der Waals surface area contributed by atoms with Crippen molar-refractivity contribution in [2.45, 2.75) is 39.3 Å². The zero-order valence-electron chi connectivity index (χ0n) is 12.0. The molecule has 0 aliphatic carbocycles. The number of aromatic nitrogens is 3. The summed E-state index contributed by atoms with van der Waals surface area (Å²) in [6.45, 7) is 6.48. The standard InChI is InChI=1S/C15H20ClN3O/c1-14(2,3)15(20,9-19-11-17-10-18-19)8-12-4-6-13(16)7-5-12/h4-7,10-11,20H,8-9H2,1-3H3. The van der Waals surface area contributed by atoms with Gasteiger partial charge < -0.3 is 5.11 Å². The maximum atomic E-state index is 11.1. The predicted octanol–water partition coefficient (Wildman–Crippen LogP) is 2.95. The van der Waals surface area contributed by atoms with Gasteiger partial charge in [0.2, 0.25) is 0 Å². The van der Waals surface area contributed by atoms with Crippen LogP contribution in [0.2, 0.25) is 5.02 Å². The van der Waals surface area contributed by atoms with Crippen molar-refractivity contribution < 1.29 is 5.11 Å². The number of hydrogen-bond donors (Lipinski definition) is 1. The minimum Gasteiger partial charge on any atom is -0.387 e. The molecule has 1 atom stereocenters. The van der Waals surface area contributed by atoms with Crippen molar-refractivity contribution in [2.24, 2.45) is 5.41 Å². The summed E-state index contributed by atoms with van der Waals surface area (Å²) < 4.78 is 1.67. The van der Waals surface area contributed by atoms with Crippen molar-refractivity contribution in [1.82, 2.24) is 14.8 Å². The second-order valence-corrected chi connectivity index (χ2v) is 6.61. The molecule has 5 heteroatoms. The summed E-state index contributed by atoms with van der Waals surface area (Å²) in [5.41, 5.74) is -0.167. The van der Waals surface area contributed by atoms with Gasteiger partial charge in [-0.3, -0.25) is 4.68 Å².